The highest BCUT2D eigenvalue weighted by Crippen LogP contribution is 2.25. The molecule has 0 aliphatic carbocycles. The van der Waals surface area contributed by atoms with Crippen molar-refractivity contribution in [2.24, 2.45) is 5.84 Å². The first-order valence-corrected chi connectivity index (χ1v) is 9.02. The number of aromatic nitrogens is 3. The van der Waals surface area contributed by atoms with E-state index in [0.717, 1.165) is 9.88 Å². The molecule has 0 unspecified atom stereocenters. The zero-order valence-electron chi connectivity index (χ0n) is 10.9. The summed E-state index contributed by atoms with van der Waals surface area (Å²) in [7, 11) is -3.75. The Morgan fingerprint density at radius 3 is 2.95 bits per heavy atom. The Balaban J connectivity index is 1.94. The monoisotopic (exact) mass is 344 g/mol. The van der Waals surface area contributed by atoms with Gasteiger partial charge in [0.05, 0.1) is 5.01 Å². The molecule has 3 aromatic heterocycles. The van der Waals surface area contributed by atoms with E-state index in [-0.39, 0.29) is 17.4 Å². The van der Waals surface area contributed by atoms with E-state index in [4.69, 9.17) is 5.84 Å². The maximum Gasteiger partial charge on any atom is 0.260 e. The largest absolute Gasteiger partial charge is 0.306 e. The molecule has 3 aromatic rings. The molecule has 0 aliphatic heterocycles. The van der Waals surface area contributed by atoms with E-state index in [9.17, 15) is 8.42 Å². The smallest absolute Gasteiger partial charge is 0.260 e. The van der Waals surface area contributed by atoms with Crippen LogP contribution in [-0.2, 0) is 16.6 Å². The van der Waals surface area contributed by atoms with Gasteiger partial charge in [-0.15, -0.1) is 22.7 Å². The van der Waals surface area contributed by atoms with Crippen LogP contribution < -0.4 is 16.0 Å². The molecule has 0 spiro atoms. The van der Waals surface area contributed by atoms with Gasteiger partial charge in [0, 0.05) is 29.2 Å². The minimum Gasteiger partial charge on any atom is -0.306 e. The molecule has 11 heteroatoms. The summed E-state index contributed by atoms with van der Waals surface area (Å²) in [5.74, 6) is 5.48. The van der Waals surface area contributed by atoms with Crippen molar-refractivity contribution in [1.82, 2.24) is 19.1 Å². The molecule has 0 amide bonds. The SMILES string of the molecule is Cc1ncc(CNS(=O)(=O)c2c(NN)nc3sccn23)s1. The summed E-state index contributed by atoms with van der Waals surface area (Å²) in [4.78, 5) is 9.61. The Labute approximate surface area is 128 Å². The Bertz CT molecular complexity index is 878. The van der Waals surface area contributed by atoms with Crippen molar-refractivity contribution in [1.29, 1.82) is 0 Å². The second kappa shape index (κ2) is 5.35. The van der Waals surface area contributed by atoms with E-state index in [1.165, 1.54) is 27.1 Å². The average molecular weight is 344 g/mol. The third-order valence-electron chi connectivity index (χ3n) is 2.72. The van der Waals surface area contributed by atoms with Gasteiger partial charge >= 0.3 is 0 Å². The highest BCUT2D eigenvalue weighted by atomic mass is 32.2. The molecule has 0 atom stereocenters. The number of anilines is 1. The third kappa shape index (κ3) is 2.65. The van der Waals surface area contributed by atoms with Gasteiger partial charge in [0.25, 0.3) is 10.0 Å². The van der Waals surface area contributed by atoms with Crippen LogP contribution in [0.2, 0.25) is 0 Å². The maximum atomic E-state index is 12.5. The van der Waals surface area contributed by atoms with Crippen LogP contribution in [0.1, 0.15) is 9.88 Å². The van der Waals surface area contributed by atoms with Crippen molar-refractivity contribution >= 4 is 43.5 Å². The van der Waals surface area contributed by atoms with Gasteiger partial charge in [-0.05, 0) is 6.92 Å². The predicted octanol–water partition coefficient (Wildman–Crippen LogP) is 0.925. The minimum atomic E-state index is -3.75. The zero-order valence-corrected chi connectivity index (χ0v) is 13.3. The molecule has 0 aromatic carbocycles. The van der Waals surface area contributed by atoms with Crippen LogP contribution in [0.5, 0.6) is 0 Å². The number of hydrogen-bond acceptors (Lipinski definition) is 8. The van der Waals surface area contributed by atoms with E-state index in [1.807, 2.05) is 6.92 Å². The normalized spacial score (nSPS) is 12.1. The highest BCUT2D eigenvalue weighted by molar-refractivity contribution is 7.89. The fourth-order valence-corrected chi connectivity index (χ4v) is 4.68. The van der Waals surface area contributed by atoms with Crippen molar-refractivity contribution in [2.45, 2.75) is 18.5 Å². The van der Waals surface area contributed by atoms with Gasteiger partial charge < -0.3 is 5.43 Å². The van der Waals surface area contributed by atoms with Gasteiger partial charge in [-0.1, -0.05) is 0 Å². The third-order valence-corrected chi connectivity index (χ3v) is 5.81. The van der Waals surface area contributed by atoms with Gasteiger partial charge in [0.1, 0.15) is 0 Å². The Morgan fingerprint density at radius 2 is 2.29 bits per heavy atom. The molecule has 0 saturated heterocycles. The lowest BCUT2D eigenvalue weighted by Crippen LogP contribution is -2.25. The molecule has 8 nitrogen and oxygen atoms in total. The van der Waals surface area contributed by atoms with E-state index in [2.05, 4.69) is 20.1 Å². The van der Waals surface area contributed by atoms with Crippen LogP contribution in [0.25, 0.3) is 4.96 Å². The number of rotatable bonds is 5. The van der Waals surface area contributed by atoms with Crippen molar-refractivity contribution < 1.29 is 8.42 Å². The number of nitrogens with zero attached hydrogens (tertiary/aromatic N) is 3. The molecule has 0 fully saturated rings. The fraction of sp³-hybridized carbons (Fsp3) is 0.200. The second-order valence-corrected chi connectivity index (χ2v) is 8.01. The summed E-state index contributed by atoms with van der Waals surface area (Å²) < 4.78 is 29.0. The Kier molecular flexibility index (Phi) is 3.67. The summed E-state index contributed by atoms with van der Waals surface area (Å²) in [5.41, 5.74) is 2.33. The first kappa shape index (κ1) is 14.4. The molecular formula is C10H12N6O2S3. The lowest BCUT2D eigenvalue weighted by molar-refractivity contribution is 0.577. The van der Waals surface area contributed by atoms with Crippen LogP contribution in [0.4, 0.5) is 5.82 Å². The molecule has 21 heavy (non-hydrogen) atoms. The molecule has 3 heterocycles. The lowest BCUT2D eigenvalue weighted by Gasteiger charge is -2.06. The topological polar surface area (TPSA) is 114 Å². The highest BCUT2D eigenvalue weighted by Gasteiger charge is 2.25. The number of hydrazine groups is 1. The number of hydrogen-bond donors (Lipinski definition) is 3. The lowest BCUT2D eigenvalue weighted by atomic mass is 10.6. The quantitative estimate of drug-likeness (QED) is 0.468. The number of imidazole rings is 1. The number of fused-ring (bicyclic) bond motifs is 1. The number of aryl methyl sites for hydroxylation is 1. The molecule has 0 saturated carbocycles. The average Bonchev–Trinajstić information content (AvgIpc) is 3.10. The van der Waals surface area contributed by atoms with Crippen molar-refractivity contribution in [3.8, 4) is 0 Å². The van der Waals surface area contributed by atoms with Crippen molar-refractivity contribution in [3.63, 3.8) is 0 Å². The van der Waals surface area contributed by atoms with E-state index in [1.54, 1.807) is 17.8 Å². The molecule has 3 rings (SSSR count). The van der Waals surface area contributed by atoms with Crippen molar-refractivity contribution in [3.05, 3.63) is 27.7 Å². The molecule has 0 bridgehead atoms. The maximum absolute atomic E-state index is 12.5. The van der Waals surface area contributed by atoms with Crippen LogP contribution in [0.3, 0.4) is 0 Å². The van der Waals surface area contributed by atoms with E-state index in [0.29, 0.717) is 4.96 Å². The second-order valence-electron chi connectivity index (χ2n) is 4.14. The number of thiazole rings is 2. The van der Waals surface area contributed by atoms with Crippen LogP contribution >= 0.6 is 22.7 Å². The van der Waals surface area contributed by atoms with Gasteiger partial charge in [-0.25, -0.2) is 24.0 Å². The molecule has 112 valence electrons. The summed E-state index contributed by atoms with van der Waals surface area (Å²) in [6, 6.07) is 0. The van der Waals surface area contributed by atoms with Gasteiger partial charge in [0.2, 0.25) is 5.03 Å². The number of nitrogens with two attached hydrogens (primary N) is 1. The summed E-state index contributed by atoms with van der Waals surface area (Å²) in [6.45, 7) is 2.04. The van der Waals surface area contributed by atoms with Crippen molar-refractivity contribution in [2.75, 3.05) is 5.43 Å². The molecule has 4 N–H and O–H groups in total. The zero-order chi connectivity index (χ0) is 15.0. The summed E-state index contributed by atoms with van der Waals surface area (Å²) in [5, 5.41) is 2.65. The van der Waals surface area contributed by atoms with E-state index < -0.39 is 10.0 Å². The minimum absolute atomic E-state index is 0.00230. The van der Waals surface area contributed by atoms with Gasteiger partial charge in [-0.2, -0.15) is 4.98 Å². The van der Waals surface area contributed by atoms with Crippen LogP contribution in [0.15, 0.2) is 22.8 Å². The summed E-state index contributed by atoms with van der Waals surface area (Å²) >= 11 is 2.77. The first-order valence-electron chi connectivity index (χ1n) is 5.84. The molecule has 0 aliphatic rings. The standard InChI is InChI=1S/C10H12N6O2S3/c1-6-12-4-7(20-6)5-13-21(17,18)9-8(15-11)14-10-16(9)2-3-19-10/h2-4,13,15H,5,11H2,1H3. The predicted molar refractivity (Wildman–Crippen MR) is 81.8 cm³/mol. The first-order chi connectivity index (χ1) is 10.0. The van der Waals surface area contributed by atoms with Gasteiger partial charge in [0.15, 0.2) is 10.8 Å². The molecular weight excluding hydrogens is 332 g/mol. The fourth-order valence-electron chi connectivity index (χ4n) is 1.84. The molecule has 0 radical (unpaired) electrons. The Hall–Kier alpha value is -1.53. The van der Waals surface area contributed by atoms with E-state index >= 15 is 0 Å². The number of nitrogen functional groups attached to an aromatic ring is 1. The summed E-state index contributed by atoms with van der Waals surface area (Å²) in [6.07, 6.45) is 3.29. The number of sulfonamides is 1. The number of nitrogens with one attached hydrogen (secondary N) is 2. The van der Waals surface area contributed by atoms with Crippen LogP contribution in [-0.4, -0.2) is 22.8 Å². The van der Waals surface area contributed by atoms with Gasteiger partial charge in [-0.3, -0.25) is 4.40 Å². The van der Waals surface area contributed by atoms with Crippen LogP contribution in [0, 0.1) is 6.92 Å². The Morgan fingerprint density at radius 1 is 1.48 bits per heavy atom.